The number of hydrogen-bond donors (Lipinski definition) is 0. The molecule has 0 aliphatic carbocycles. The summed E-state index contributed by atoms with van der Waals surface area (Å²) in [6.45, 7) is 5.74. The Labute approximate surface area is 103 Å². The molecule has 0 spiro atoms. The van der Waals surface area contributed by atoms with Crippen molar-refractivity contribution in [2.24, 2.45) is 0 Å². The minimum atomic E-state index is -0.0250. The molecule has 92 valence electrons. The van der Waals surface area contributed by atoms with Gasteiger partial charge in [0.15, 0.2) is 6.29 Å². The molecule has 0 amide bonds. The number of ether oxygens (including phenoxy) is 2. The lowest BCUT2D eigenvalue weighted by atomic mass is 10.0. The van der Waals surface area contributed by atoms with Crippen molar-refractivity contribution >= 4 is 0 Å². The molecule has 0 saturated carbocycles. The summed E-state index contributed by atoms with van der Waals surface area (Å²) in [6, 6.07) is 8.70. The molecule has 0 aromatic heterocycles. The van der Waals surface area contributed by atoms with E-state index in [-0.39, 0.29) is 6.29 Å². The van der Waals surface area contributed by atoms with Gasteiger partial charge in [-0.05, 0) is 25.8 Å². The molecular formula is C15H20O2. The van der Waals surface area contributed by atoms with E-state index in [4.69, 9.17) is 9.47 Å². The Morgan fingerprint density at radius 3 is 2.53 bits per heavy atom. The lowest BCUT2D eigenvalue weighted by Crippen LogP contribution is -2.05. The summed E-state index contributed by atoms with van der Waals surface area (Å²) in [5.41, 5.74) is 4.04. The summed E-state index contributed by atoms with van der Waals surface area (Å²) in [5, 5.41) is 0. The highest BCUT2D eigenvalue weighted by molar-refractivity contribution is 5.25. The van der Waals surface area contributed by atoms with Gasteiger partial charge in [-0.15, -0.1) is 0 Å². The fraction of sp³-hybridized carbons (Fsp3) is 0.467. The van der Waals surface area contributed by atoms with Gasteiger partial charge >= 0.3 is 0 Å². The zero-order chi connectivity index (χ0) is 12.1. The summed E-state index contributed by atoms with van der Waals surface area (Å²) in [6.07, 6.45) is 4.06. The largest absolute Gasteiger partial charge is 0.350 e. The summed E-state index contributed by atoms with van der Waals surface area (Å²) in [7, 11) is 0. The Balaban J connectivity index is 1.84. The van der Waals surface area contributed by atoms with E-state index in [9.17, 15) is 0 Å². The Kier molecular flexibility index (Phi) is 4.35. The maximum absolute atomic E-state index is 5.40. The molecule has 17 heavy (non-hydrogen) atoms. The van der Waals surface area contributed by atoms with Crippen molar-refractivity contribution in [3.8, 4) is 0 Å². The van der Waals surface area contributed by atoms with Crippen LogP contribution >= 0.6 is 0 Å². The Morgan fingerprint density at radius 1 is 1.24 bits per heavy atom. The molecule has 0 N–H and O–H groups in total. The van der Waals surface area contributed by atoms with Gasteiger partial charge < -0.3 is 9.47 Å². The van der Waals surface area contributed by atoms with E-state index < -0.39 is 0 Å². The van der Waals surface area contributed by atoms with E-state index in [1.54, 1.807) is 0 Å². The third-order valence-corrected chi connectivity index (χ3v) is 2.95. The highest BCUT2D eigenvalue weighted by Gasteiger charge is 2.13. The van der Waals surface area contributed by atoms with E-state index in [0.29, 0.717) is 0 Å². The minimum absolute atomic E-state index is 0.0250. The Hall–Kier alpha value is -1.12. The van der Waals surface area contributed by atoms with Crippen molar-refractivity contribution in [3.05, 3.63) is 47.0 Å². The highest BCUT2D eigenvalue weighted by atomic mass is 16.7. The van der Waals surface area contributed by atoms with Crippen LogP contribution in [-0.4, -0.2) is 19.5 Å². The van der Waals surface area contributed by atoms with Crippen molar-refractivity contribution in [1.29, 1.82) is 0 Å². The molecule has 2 heteroatoms. The predicted octanol–water partition coefficient (Wildman–Crippen LogP) is 3.25. The molecule has 1 aromatic carbocycles. The minimum Gasteiger partial charge on any atom is -0.350 e. The van der Waals surface area contributed by atoms with Crippen LogP contribution in [0.3, 0.4) is 0 Å². The molecule has 2 rings (SSSR count). The first kappa shape index (κ1) is 12.3. The highest BCUT2D eigenvalue weighted by Crippen LogP contribution is 2.13. The fourth-order valence-corrected chi connectivity index (χ4v) is 1.94. The first-order valence-electron chi connectivity index (χ1n) is 6.18. The first-order valence-corrected chi connectivity index (χ1v) is 6.18. The van der Waals surface area contributed by atoms with Crippen LogP contribution < -0.4 is 0 Å². The quantitative estimate of drug-likeness (QED) is 0.742. The van der Waals surface area contributed by atoms with Crippen molar-refractivity contribution in [2.45, 2.75) is 33.0 Å². The van der Waals surface area contributed by atoms with Crippen LogP contribution in [0.1, 0.15) is 24.5 Å². The van der Waals surface area contributed by atoms with Gasteiger partial charge in [0.1, 0.15) is 0 Å². The van der Waals surface area contributed by atoms with Crippen LogP contribution in [0.25, 0.3) is 0 Å². The van der Waals surface area contributed by atoms with Crippen LogP contribution in [0.2, 0.25) is 0 Å². The zero-order valence-corrected chi connectivity index (χ0v) is 10.6. The molecule has 1 aliphatic rings. The summed E-state index contributed by atoms with van der Waals surface area (Å²) >= 11 is 0. The molecule has 1 heterocycles. The van der Waals surface area contributed by atoms with Gasteiger partial charge in [-0.1, -0.05) is 41.5 Å². The predicted molar refractivity (Wildman–Crippen MR) is 68.9 cm³/mol. The standard InChI is InChI=1S/C15H20O2/c1-12-3-6-14(7-4-12)11-13(2)5-8-15-16-9-10-17-15/h3-7,15H,8-11H2,1-2H3. The van der Waals surface area contributed by atoms with Gasteiger partial charge in [0, 0.05) is 6.42 Å². The summed E-state index contributed by atoms with van der Waals surface area (Å²) in [5.74, 6) is 0. The van der Waals surface area contributed by atoms with E-state index in [1.807, 2.05) is 0 Å². The third kappa shape index (κ3) is 3.99. The van der Waals surface area contributed by atoms with Crippen molar-refractivity contribution in [3.63, 3.8) is 0 Å². The number of benzene rings is 1. The SMILES string of the molecule is CC(=CCC1OCCO1)Cc1ccc(C)cc1. The Bertz CT molecular complexity index is 372. The zero-order valence-electron chi connectivity index (χ0n) is 10.6. The summed E-state index contributed by atoms with van der Waals surface area (Å²) in [4.78, 5) is 0. The molecule has 1 saturated heterocycles. The number of rotatable bonds is 4. The lowest BCUT2D eigenvalue weighted by molar-refractivity contribution is -0.0381. The first-order chi connectivity index (χ1) is 8.24. The molecular weight excluding hydrogens is 212 g/mol. The molecule has 0 bridgehead atoms. The normalized spacial score (nSPS) is 17.6. The average molecular weight is 232 g/mol. The van der Waals surface area contributed by atoms with Crippen LogP contribution in [0.15, 0.2) is 35.9 Å². The lowest BCUT2D eigenvalue weighted by Gasteiger charge is -2.07. The molecule has 0 unspecified atom stereocenters. The Morgan fingerprint density at radius 2 is 1.88 bits per heavy atom. The monoisotopic (exact) mass is 232 g/mol. The van der Waals surface area contributed by atoms with E-state index in [2.05, 4.69) is 44.2 Å². The fourth-order valence-electron chi connectivity index (χ4n) is 1.94. The second-order valence-electron chi connectivity index (χ2n) is 4.62. The molecule has 1 aromatic rings. The molecule has 0 atom stereocenters. The third-order valence-electron chi connectivity index (χ3n) is 2.95. The van der Waals surface area contributed by atoms with E-state index >= 15 is 0 Å². The van der Waals surface area contributed by atoms with Gasteiger partial charge in [-0.3, -0.25) is 0 Å². The number of allylic oxidation sites excluding steroid dienone is 1. The molecule has 1 aliphatic heterocycles. The maximum Gasteiger partial charge on any atom is 0.161 e. The van der Waals surface area contributed by atoms with E-state index in [1.165, 1.54) is 16.7 Å². The van der Waals surface area contributed by atoms with Gasteiger partial charge in [0.2, 0.25) is 0 Å². The van der Waals surface area contributed by atoms with Crippen molar-refractivity contribution in [1.82, 2.24) is 0 Å². The smallest absolute Gasteiger partial charge is 0.161 e. The van der Waals surface area contributed by atoms with Gasteiger partial charge in [0.05, 0.1) is 13.2 Å². The topological polar surface area (TPSA) is 18.5 Å². The molecule has 0 radical (unpaired) electrons. The van der Waals surface area contributed by atoms with Crippen LogP contribution in [0.5, 0.6) is 0 Å². The second kappa shape index (κ2) is 5.99. The van der Waals surface area contributed by atoms with Gasteiger partial charge in [-0.25, -0.2) is 0 Å². The van der Waals surface area contributed by atoms with E-state index in [0.717, 1.165) is 26.1 Å². The van der Waals surface area contributed by atoms with Crippen LogP contribution in [0, 0.1) is 6.92 Å². The van der Waals surface area contributed by atoms with Gasteiger partial charge in [0.25, 0.3) is 0 Å². The van der Waals surface area contributed by atoms with Crippen molar-refractivity contribution < 1.29 is 9.47 Å². The van der Waals surface area contributed by atoms with Gasteiger partial charge in [-0.2, -0.15) is 0 Å². The number of hydrogen-bond acceptors (Lipinski definition) is 2. The second-order valence-corrected chi connectivity index (χ2v) is 4.62. The number of aryl methyl sites for hydroxylation is 1. The average Bonchev–Trinajstić information content (AvgIpc) is 2.83. The van der Waals surface area contributed by atoms with Crippen molar-refractivity contribution in [2.75, 3.05) is 13.2 Å². The maximum atomic E-state index is 5.40. The van der Waals surface area contributed by atoms with Crippen LogP contribution in [0.4, 0.5) is 0 Å². The summed E-state index contributed by atoms with van der Waals surface area (Å²) < 4.78 is 10.8. The molecule has 2 nitrogen and oxygen atoms in total. The molecule has 1 fully saturated rings. The van der Waals surface area contributed by atoms with Crippen LogP contribution in [-0.2, 0) is 15.9 Å².